The van der Waals surface area contributed by atoms with Crippen LogP contribution in [0.4, 0.5) is 11.4 Å². The molecule has 0 spiro atoms. The lowest BCUT2D eigenvalue weighted by atomic mass is 10.1. The van der Waals surface area contributed by atoms with Crippen LogP contribution in [0.5, 0.6) is 0 Å². The number of pyridine rings is 1. The zero-order valence-corrected chi connectivity index (χ0v) is 13.0. The minimum atomic E-state index is -0.216. The number of benzene rings is 1. The summed E-state index contributed by atoms with van der Waals surface area (Å²) in [5, 5.41) is 5.54. The van der Waals surface area contributed by atoms with Gasteiger partial charge in [-0.15, -0.1) is 11.8 Å². The number of nitrogens with one attached hydrogen (secondary N) is 2. The van der Waals surface area contributed by atoms with E-state index in [0.29, 0.717) is 16.9 Å². The molecule has 6 heteroatoms. The van der Waals surface area contributed by atoms with Crippen LogP contribution in [-0.4, -0.2) is 22.0 Å². The zero-order valence-electron chi connectivity index (χ0n) is 12.2. The minimum absolute atomic E-state index is 0.0418. The van der Waals surface area contributed by atoms with Crippen molar-refractivity contribution in [3.05, 3.63) is 47.8 Å². The topological polar surface area (TPSA) is 71.1 Å². The monoisotopic (exact) mass is 313 g/mol. The predicted molar refractivity (Wildman–Crippen MR) is 87.3 cm³/mol. The van der Waals surface area contributed by atoms with Gasteiger partial charge in [-0.2, -0.15) is 0 Å². The van der Waals surface area contributed by atoms with Crippen molar-refractivity contribution in [3.63, 3.8) is 0 Å². The molecule has 0 saturated carbocycles. The average Bonchev–Trinajstić information content (AvgIpc) is 2.48. The number of hydrogen-bond donors (Lipinski definition) is 2. The maximum atomic E-state index is 12.3. The van der Waals surface area contributed by atoms with Gasteiger partial charge >= 0.3 is 0 Å². The molecule has 0 saturated heterocycles. The SMILES string of the molecule is Cc1cc(NC(=O)c2ccc3c(c2)NC(=O)[C@@H](C)S3)ccn1. The summed E-state index contributed by atoms with van der Waals surface area (Å²) in [6, 6.07) is 8.87. The molecule has 0 radical (unpaired) electrons. The van der Waals surface area contributed by atoms with Crippen LogP contribution in [0.2, 0.25) is 0 Å². The summed E-state index contributed by atoms with van der Waals surface area (Å²) < 4.78 is 0. The molecule has 2 amide bonds. The smallest absolute Gasteiger partial charge is 0.255 e. The van der Waals surface area contributed by atoms with Gasteiger partial charge in [0.15, 0.2) is 0 Å². The van der Waals surface area contributed by atoms with Crippen molar-refractivity contribution in [2.24, 2.45) is 0 Å². The lowest BCUT2D eigenvalue weighted by Crippen LogP contribution is -2.26. The Kier molecular flexibility index (Phi) is 3.85. The largest absolute Gasteiger partial charge is 0.324 e. The van der Waals surface area contributed by atoms with E-state index >= 15 is 0 Å². The molecule has 5 nitrogen and oxygen atoms in total. The Morgan fingerprint density at radius 1 is 1.32 bits per heavy atom. The Bertz CT molecular complexity index is 761. The fourth-order valence-corrected chi connectivity index (χ4v) is 3.11. The molecule has 0 bridgehead atoms. The third-order valence-corrected chi connectivity index (χ3v) is 4.50. The molecule has 2 heterocycles. The molecule has 0 aliphatic carbocycles. The molecule has 0 fully saturated rings. The van der Waals surface area contributed by atoms with Crippen molar-refractivity contribution in [1.29, 1.82) is 0 Å². The molecule has 0 unspecified atom stereocenters. The Morgan fingerprint density at radius 3 is 2.91 bits per heavy atom. The van der Waals surface area contributed by atoms with Crippen LogP contribution >= 0.6 is 11.8 Å². The Balaban J connectivity index is 1.82. The molecule has 1 aromatic carbocycles. The summed E-state index contributed by atoms with van der Waals surface area (Å²) in [6.45, 7) is 3.72. The van der Waals surface area contributed by atoms with E-state index in [2.05, 4.69) is 15.6 Å². The van der Waals surface area contributed by atoms with Crippen molar-refractivity contribution in [2.75, 3.05) is 10.6 Å². The molecule has 2 N–H and O–H groups in total. The molecule has 3 rings (SSSR count). The van der Waals surface area contributed by atoms with Crippen LogP contribution in [0.15, 0.2) is 41.4 Å². The third kappa shape index (κ3) is 2.96. The van der Waals surface area contributed by atoms with Crippen molar-refractivity contribution < 1.29 is 9.59 Å². The van der Waals surface area contributed by atoms with Gasteiger partial charge in [0.05, 0.1) is 10.9 Å². The van der Waals surface area contributed by atoms with Gasteiger partial charge in [-0.3, -0.25) is 14.6 Å². The number of aryl methyl sites for hydroxylation is 1. The van der Waals surface area contributed by atoms with Crippen LogP contribution in [-0.2, 0) is 4.79 Å². The lowest BCUT2D eigenvalue weighted by molar-refractivity contribution is -0.115. The Labute approximate surface area is 132 Å². The highest BCUT2D eigenvalue weighted by Crippen LogP contribution is 2.36. The van der Waals surface area contributed by atoms with E-state index in [1.54, 1.807) is 30.5 Å². The maximum absolute atomic E-state index is 12.3. The lowest BCUT2D eigenvalue weighted by Gasteiger charge is -2.21. The number of rotatable bonds is 2. The second-order valence-corrected chi connectivity index (χ2v) is 6.48. The van der Waals surface area contributed by atoms with Crippen LogP contribution in [0, 0.1) is 6.92 Å². The fourth-order valence-electron chi connectivity index (χ4n) is 2.18. The van der Waals surface area contributed by atoms with E-state index in [4.69, 9.17) is 0 Å². The van der Waals surface area contributed by atoms with Gasteiger partial charge in [-0.25, -0.2) is 0 Å². The molecule has 1 atom stereocenters. The molecular weight excluding hydrogens is 298 g/mol. The number of thioether (sulfide) groups is 1. The fraction of sp³-hybridized carbons (Fsp3) is 0.188. The highest BCUT2D eigenvalue weighted by molar-refractivity contribution is 8.00. The molecule has 112 valence electrons. The number of fused-ring (bicyclic) bond motifs is 1. The molecule has 1 aliphatic heterocycles. The van der Waals surface area contributed by atoms with Gasteiger partial charge in [0.1, 0.15) is 0 Å². The average molecular weight is 313 g/mol. The van der Waals surface area contributed by atoms with Gasteiger partial charge in [0.2, 0.25) is 5.91 Å². The number of anilines is 2. The first-order valence-corrected chi connectivity index (χ1v) is 7.76. The quantitative estimate of drug-likeness (QED) is 0.894. The van der Waals surface area contributed by atoms with Crippen LogP contribution in [0.25, 0.3) is 0 Å². The van der Waals surface area contributed by atoms with Gasteiger partial charge in [-0.1, -0.05) is 0 Å². The molecular formula is C16H15N3O2S. The highest BCUT2D eigenvalue weighted by Gasteiger charge is 2.23. The number of carbonyl (C=O) groups is 2. The highest BCUT2D eigenvalue weighted by atomic mass is 32.2. The summed E-state index contributed by atoms with van der Waals surface area (Å²) >= 11 is 1.49. The summed E-state index contributed by atoms with van der Waals surface area (Å²) in [6.07, 6.45) is 1.65. The van der Waals surface area contributed by atoms with E-state index in [0.717, 1.165) is 10.6 Å². The van der Waals surface area contributed by atoms with E-state index in [1.807, 2.05) is 19.9 Å². The summed E-state index contributed by atoms with van der Waals surface area (Å²) in [5.74, 6) is -0.258. The number of nitrogens with zero attached hydrogens (tertiary/aromatic N) is 1. The number of amides is 2. The first-order valence-electron chi connectivity index (χ1n) is 6.88. The van der Waals surface area contributed by atoms with Crippen LogP contribution in [0.1, 0.15) is 23.0 Å². The summed E-state index contributed by atoms with van der Waals surface area (Å²) in [4.78, 5) is 29.1. The van der Waals surface area contributed by atoms with Crippen molar-refractivity contribution in [3.8, 4) is 0 Å². The molecule has 1 aliphatic rings. The van der Waals surface area contributed by atoms with E-state index in [-0.39, 0.29) is 17.1 Å². The van der Waals surface area contributed by atoms with Gasteiger partial charge in [0.25, 0.3) is 5.91 Å². The van der Waals surface area contributed by atoms with Crippen LogP contribution in [0.3, 0.4) is 0 Å². The van der Waals surface area contributed by atoms with E-state index < -0.39 is 0 Å². The number of aromatic nitrogens is 1. The zero-order chi connectivity index (χ0) is 15.7. The normalized spacial score (nSPS) is 16.6. The first-order chi connectivity index (χ1) is 10.5. The van der Waals surface area contributed by atoms with Crippen molar-refractivity contribution in [2.45, 2.75) is 24.0 Å². The van der Waals surface area contributed by atoms with Crippen molar-refractivity contribution in [1.82, 2.24) is 4.98 Å². The molecule has 1 aromatic heterocycles. The Morgan fingerprint density at radius 2 is 2.14 bits per heavy atom. The second-order valence-electron chi connectivity index (χ2n) is 5.10. The summed E-state index contributed by atoms with van der Waals surface area (Å²) in [5.41, 5.74) is 2.72. The van der Waals surface area contributed by atoms with E-state index in [9.17, 15) is 9.59 Å². The predicted octanol–water partition coefficient (Wildman–Crippen LogP) is 3.08. The van der Waals surface area contributed by atoms with Gasteiger partial charge in [-0.05, 0) is 44.2 Å². The van der Waals surface area contributed by atoms with Gasteiger partial charge in [0, 0.05) is 28.0 Å². The number of carbonyl (C=O) groups excluding carboxylic acids is 2. The maximum Gasteiger partial charge on any atom is 0.255 e. The minimum Gasteiger partial charge on any atom is -0.324 e. The summed E-state index contributed by atoms with van der Waals surface area (Å²) in [7, 11) is 0. The Hall–Kier alpha value is -2.34. The van der Waals surface area contributed by atoms with Crippen LogP contribution < -0.4 is 10.6 Å². The van der Waals surface area contributed by atoms with Gasteiger partial charge < -0.3 is 10.6 Å². The first kappa shape index (κ1) is 14.6. The second kappa shape index (κ2) is 5.81. The third-order valence-electron chi connectivity index (χ3n) is 3.33. The van der Waals surface area contributed by atoms with Crippen molar-refractivity contribution >= 4 is 35.0 Å². The standard InChI is InChI=1S/C16H15N3O2S/c1-9-7-12(5-6-17-9)18-16(21)11-3-4-14-13(8-11)19-15(20)10(2)22-14/h3-8,10H,1-2H3,(H,19,20)(H,17,18,21)/t10-/m1/s1. The number of hydrogen-bond acceptors (Lipinski definition) is 4. The molecule has 2 aromatic rings. The van der Waals surface area contributed by atoms with E-state index in [1.165, 1.54) is 11.8 Å². The molecule has 22 heavy (non-hydrogen) atoms.